The van der Waals surface area contributed by atoms with Gasteiger partial charge in [-0.15, -0.1) is 0 Å². The molecule has 0 aliphatic carbocycles. The van der Waals surface area contributed by atoms with Gasteiger partial charge in [0.2, 0.25) is 5.91 Å². The number of methoxy groups -OCH3 is 1. The van der Waals surface area contributed by atoms with Crippen molar-refractivity contribution in [1.82, 2.24) is 5.32 Å². The van der Waals surface area contributed by atoms with Crippen LogP contribution in [0.1, 0.15) is 52.9 Å². The lowest BCUT2D eigenvalue weighted by molar-refractivity contribution is -0.131. The van der Waals surface area contributed by atoms with Crippen LogP contribution in [-0.2, 0) is 26.3 Å². The number of hydrogen-bond acceptors (Lipinski definition) is 5. The highest BCUT2D eigenvalue weighted by molar-refractivity contribution is 5.90. The van der Waals surface area contributed by atoms with Crippen LogP contribution in [0.4, 0.5) is 0 Å². The molecular weight excluding hydrogens is 442 g/mol. The molecule has 1 N–H and O–H groups in total. The summed E-state index contributed by atoms with van der Waals surface area (Å²) in [5, 5.41) is 3.19. The second kappa shape index (κ2) is 11.2. The molecular formula is C29H31NO5. The minimum Gasteiger partial charge on any atom is -0.489 e. The van der Waals surface area contributed by atoms with Crippen LogP contribution in [0, 0.1) is 0 Å². The van der Waals surface area contributed by atoms with Crippen molar-refractivity contribution in [1.29, 1.82) is 0 Å². The Kier molecular flexibility index (Phi) is 7.83. The van der Waals surface area contributed by atoms with Gasteiger partial charge in [0, 0.05) is 13.2 Å². The van der Waals surface area contributed by atoms with E-state index in [0.29, 0.717) is 38.2 Å². The van der Waals surface area contributed by atoms with Gasteiger partial charge in [-0.1, -0.05) is 54.6 Å². The maximum Gasteiger partial charge on any atom is 0.337 e. The highest BCUT2D eigenvalue weighted by Gasteiger charge is 2.42. The fraction of sp³-hybridized carbons (Fsp3) is 0.310. The fourth-order valence-electron chi connectivity index (χ4n) is 4.42. The molecule has 6 nitrogen and oxygen atoms in total. The third-order valence-electron chi connectivity index (χ3n) is 6.62. The van der Waals surface area contributed by atoms with Gasteiger partial charge < -0.3 is 19.5 Å². The SMILES string of the molecule is COC(=O)c1ccc([C@H](C)NC(=O)C2(c3ccc(OCc4ccccc4)cc3)CCOCC2)cc1. The van der Waals surface area contributed by atoms with E-state index in [1.807, 2.05) is 73.7 Å². The van der Waals surface area contributed by atoms with Gasteiger partial charge in [0.1, 0.15) is 12.4 Å². The summed E-state index contributed by atoms with van der Waals surface area (Å²) in [6.07, 6.45) is 1.22. The van der Waals surface area contributed by atoms with Crippen molar-refractivity contribution < 1.29 is 23.8 Å². The molecule has 1 atom stereocenters. The molecule has 182 valence electrons. The van der Waals surface area contributed by atoms with E-state index in [0.717, 1.165) is 22.4 Å². The summed E-state index contributed by atoms with van der Waals surface area (Å²) in [7, 11) is 1.36. The van der Waals surface area contributed by atoms with Gasteiger partial charge in [0.15, 0.2) is 0 Å². The van der Waals surface area contributed by atoms with E-state index in [4.69, 9.17) is 14.2 Å². The van der Waals surface area contributed by atoms with E-state index >= 15 is 0 Å². The Morgan fingerprint density at radius 2 is 1.60 bits per heavy atom. The van der Waals surface area contributed by atoms with Crippen LogP contribution >= 0.6 is 0 Å². The largest absolute Gasteiger partial charge is 0.489 e. The highest BCUT2D eigenvalue weighted by Crippen LogP contribution is 2.37. The Bertz CT molecular complexity index is 1120. The van der Waals surface area contributed by atoms with E-state index < -0.39 is 5.41 Å². The minimum absolute atomic E-state index is 0.0247. The standard InChI is InChI=1S/C29H31NO5/c1-21(23-8-10-24(11-9-23)27(31)33-2)30-28(32)29(16-18-34-19-17-29)25-12-14-26(15-13-25)35-20-22-6-4-3-5-7-22/h3-15,21H,16-20H2,1-2H3,(H,30,32)/t21-/m0/s1. The summed E-state index contributed by atoms with van der Waals surface area (Å²) in [4.78, 5) is 25.4. The first-order chi connectivity index (χ1) is 17.0. The number of rotatable bonds is 8. The second-order valence-electron chi connectivity index (χ2n) is 8.80. The van der Waals surface area contributed by atoms with Crippen molar-refractivity contribution in [2.24, 2.45) is 0 Å². The third kappa shape index (κ3) is 5.72. The van der Waals surface area contributed by atoms with Gasteiger partial charge in [-0.3, -0.25) is 4.79 Å². The smallest absolute Gasteiger partial charge is 0.337 e. The van der Waals surface area contributed by atoms with E-state index in [9.17, 15) is 9.59 Å². The third-order valence-corrected chi connectivity index (χ3v) is 6.62. The Labute approximate surface area is 206 Å². The minimum atomic E-state index is -0.670. The first kappa shape index (κ1) is 24.5. The molecule has 1 fully saturated rings. The van der Waals surface area contributed by atoms with Crippen molar-refractivity contribution in [2.75, 3.05) is 20.3 Å². The van der Waals surface area contributed by atoms with Crippen LogP contribution in [0.2, 0.25) is 0 Å². The number of benzene rings is 3. The molecule has 4 rings (SSSR count). The van der Waals surface area contributed by atoms with E-state index in [1.165, 1.54) is 7.11 Å². The van der Waals surface area contributed by atoms with Crippen molar-refractivity contribution >= 4 is 11.9 Å². The summed E-state index contributed by atoms with van der Waals surface area (Å²) in [5.41, 5.74) is 2.78. The molecule has 1 aliphatic rings. The quantitative estimate of drug-likeness (QED) is 0.467. The van der Waals surface area contributed by atoms with Gasteiger partial charge in [0.05, 0.1) is 24.1 Å². The molecule has 1 heterocycles. The van der Waals surface area contributed by atoms with Crippen molar-refractivity contribution in [3.8, 4) is 5.75 Å². The average molecular weight is 474 g/mol. The number of carbonyl (C=O) groups is 2. The highest BCUT2D eigenvalue weighted by atomic mass is 16.5. The van der Waals surface area contributed by atoms with Gasteiger partial charge in [-0.05, 0) is 60.7 Å². The molecule has 3 aromatic carbocycles. The molecule has 0 radical (unpaired) electrons. The molecule has 6 heteroatoms. The van der Waals surface area contributed by atoms with E-state index in [2.05, 4.69) is 5.32 Å². The van der Waals surface area contributed by atoms with E-state index in [-0.39, 0.29) is 17.9 Å². The lowest BCUT2D eigenvalue weighted by Crippen LogP contribution is -2.48. The molecule has 0 bridgehead atoms. The Morgan fingerprint density at radius 3 is 2.23 bits per heavy atom. The lowest BCUT2D eigenvalue weighted by Gasteiger charge is -2.37. The molecule has 0 unspecified atom stereocenters. The van der Waals surface area contributed by atoms with Crippen LogP contribution in [-0.4, -0.2) is 32.2 Å². The number of esters is 1. The Morgan fingerprint density at radius 1 is 0.943 bits per heavy atom. The summed E-state index contributed by atoms with van der Waals surface area (Å²) in [6.45, 7) is 3.49. The van der Waals surface area contributed by atoms with Crippen molar-refractivity contribution in [2.45, 2.75) is 37.8 Å². The molecule has 0 saturated carbocycles. The summed E-state index contributed by atoms with van der Waals surface area (Å²) < 4.78 is 16.3. The summed E-state index contributed by atoms with van der Waals surface area (Å²) in [6, 6.07) is 24.7. The normalized spacial score (nSPS) is 15.6. The van der Waals surface area contributed by atoms with Crippen LogP contribution in [0.5, 0.6) is 5.75 Å². The fourth-order valence-corrected chi connectivity index (χ4v) is 4.42. The van der Waals surface area contributed by atoms with Crippen LogP contribution in [0.25, 0.3) is 0 Å². The first-order valence-electron chi connectivity index (χ1n) is 11.9. The van der Waals surface area contributed by atoms with Crippen LogP contribution < -0.4 is 10.1 Å². The van der Waals surface area contributed by atoms with Gasteiger partial charge >= 0.3 is 5.97 Å². The van der Waals surface area contributed by atoms with Crippen LogP contribution in [0.3, 0.4) is 0 Å². The second-order valence-corrected chi connectivity index (χ2v) is 8.80. The monoisotopic (exact) mass is 473 g/mol. The number of amides is 1. The molecule has 35 heavy (non-hydrogen) atoms. The zero-order valence-electron chi connectivity index (χ0n) is 20.2. The Hall–Kier alpha value is -3.64. The molecule has 1 amide bonds. The number of nitrogens with one attached hydrogen (secondary N) is 1. The maximum atomic E-state index is 13.6. The summed E-state index contributed by atoms with van der Waals surface area (Å²) in [5.74, 6) is 0.355. The number of ether oxygens (including phenoxy) is 3. The predicted octanol–water partition coefficient (Wildman–Crippen LogP) is 4.98. The van der Waals surface area contributed by atoms with Crippen molar-refractivity contribution in [3.63, 3.8) is 0 Å². The average Bonchev–Trinajstić information content (AvgIpc) is 2.92. The zero-order chi connectivity index (χ0) is 24.7. The molecule has 3 aromatic rings. The molecule has 1 saturated heterocycles. The van der Waals surface area contributed by atoms with Crippen LogP contribution in [0.15, 0.2) is 78.9 Å². The first-order valence-corrected chi connectivity index (χ1v) is 11.9. The van der Waals surface area contributed by atoms with Gasteiger partial charge in [-0.2, -0.15) is 0 Å². The molecule has 1 aliphatic heterocycles. The number of hydrogen-bond donors (Lipinski definition) is 1. The lowest BCUT2D eigenvalue weighted by atomic mass is 9.73. The maximum absolute atomic E-state index is 13.6. The molecule has 0 spiro atoms. The number of carbonyl (C=O) groups excluding carboxylic acids is 2. The topological polar surface area (TPSA) is 73.9 Å². The Balaban J connectivity index is 1.47. The van der Waals surface area contributed by atoms with Crippen molar-refractivity contribution in [3.05, 3.63) is 101 Å². The predicted molar refractivity (Wildman–Crippen MR) is 133 cm³/mol. The van der Waals surface area contributed by atoms with Gasteiger partial charge in [-0.25, -0.2) is 4.79 Å². The zero-order valence-corrected chi connectivity index (χ0v) is 20.2. The van der Waals surface area contributed by atoms with Gasteiger partial charge in [0.25, 0.3) is 0 Å². The summed E-state index contributed by atoms with van der Waals surface area (Å²) >= 11 is 0. The molecule has 0 aromatic heterocycles. The van der Waals surface area contributed by atoms with E-state index in [1.54, 1.807) is 12.1 Å².